The summed E-state index contributed by atoms with van der Waals surface area (Å²) in [6, 6.07) is 12.4. The van der Waals surface area contributed by atoms with Gasteiger partial charge >= 0.3 is 0 Å². The maximum atomic E-state index is 11.9. The van der Waals surface area contributed by atoms with Gasteiger partial charge in [-0.15, -0.1) is 5.10 Å². The number of nitrogens with zero attached hydrogens (tertiary/aromatic N) is 2. The van der Waals surface area contributed by atoms with Gasteiger partial charge in [-0.1, -0.05) is 18.2 Å². The first-order valence-corrected chi connectivity index (χ1v) is 5.65. The van der Waals surface area contributed by atoms with Crippen LogP contribution in [0.15, 0.2) is 53.1 Å². The van der Waals surface area contributed by atoms with Crippen LogP contribution in [0.5, 0.6) is 0 Å². The molecular formula is C13H10N4O2. The van der Waals surface area contributed by atoms with Crippen LogP contribution in [0.4, 0.5) is 5.95 Å². The fourth-order valence-electron chi connectivity index (χ4n) is 1.60. The molecule has 3 aromatic rings. The van der Waals surface area contributed by atoms with Crippen LogP contribution >= 0.6 is 0 Å². The SMILES string of the molecule is O=C(Nc1n[nH]c(-c2ccco2)n1)c1ccccc1. The van der Waals surface area contributed by atoms with Crippen molar-refractivity contribution in [2.24, 2.45) is 0 Å². The Morgan fingerprint density at radius 3 is 2.74 bits per heavy atom. The maximum Gasteiger partial charge on any atom is 0.258 e. The lowest BCUT2D eigenvalue weighted by molar-refractivity contribution is 0.102. The molecular weight excluding hydrogens is 244 g/mol. The van der Waals surface area contributed by atoms with E-state index in [2.05, 4.69) is 20.5 Å². The largest absolute Gasteiger partial charge is 0.461 e. The fraction of sp³-hybridized carbons (Fsp3) is 0. The number of H-pyrrole nitrogens is 1. The number of amides is 1. The first-order chi connectivity index (χ1) is 9.33. The number of rotatable bonds is 3. The molecule has 0 bridgehead atoms. The third-order valence-electron chi connectivity index (χ3n) is 2.50. The van der Waals surface area contributed by atoms with Crippen LogP contribution in [0, 0.1) is 0 Å². The van der Waals surface area contributed by atoms with E-state index in [4.69, 9.17) is 4.42 Å². The molecule has 1 aromatic carbocycles. The van der Waals surface area contributed by atoms with Crippen molar-refractivity contribution in [3.05, 3.63) is 54.3 Å². The summed E-state index contributed by atoms with van der Waals surface area (Å²) >= 11 is 0. The van der Waals surface area contributed by atoms with Gasteiger partial charge in [0, 0.05) is 5.56 Å². The molecule has 0 radical (unpaired) electrons. The number of hydrogen-bond donors (Lipinski definition) is 2. The van der Waals surface area contributed by atoms with E-state index in [9.17, 15) is 4.79 Å². The highest BCUT2D eigenvalue weighted by Gasteiger charge is 2.11. The summed E-state index contributed by atoms with van der Waals surface area (Å²) in [6.45, 7) is 0. The van der Waals surface area contributed by atoms with E-state index in [-0.39, 0.29) is 11.9 Å². The molecule has 2 N–H and O–H groups in total. The summed E-state index contributed by atoms with van der Waals surface area (Å²) in [4.78, 5) is 16.0. The highest BCUT2D eigenvalue weighted by atomic mass is 16.3. The van der Waals surface area contributed by atoms with Crippen LogP contribution in [0.1, 0.15) is 10.4 Å². The number of anilines is 1. The second kappa shape index (κ2) is 4.77. The number of aromatic nitrogens is 3. The number of aromatic amines is 1. The van der Waals surface area contributed by atoms with Crippen molar-refractivity contribution in [2.75, 3.05) is 5.32 Å². The first-order valence-electron chi connectivity index (χ1n) is 5.65. The molecule has 0 fully saturated rings. The highest BCUT2D eigenvalue weighted by molar-refractivity contribution is 6.03. The molecule has 2 aromatic heterocycles. The minimum atomic E-state index is -0.259. The molecule has 0 aliphatic carbocycles. The van der Waals surface area contributed by atoms with Crippen LogP contribution in [-0.4, -0.2) is 21.1 Å². The number of nitrogens with one attached hydrogen (secondary N) is 2. The van der Waals surface area contributed by atoms with Crippen LogP contribution in [0.2, 0.25) is 0 Å². The Labute approximate surface area is 108 Å². The van der Waals surface area contributed by atoms with Gasteiger partial charge in [0.15, 0.2) is 11.6 Å². The molecule has 6 heteroatoms. The van der Waals surface area contributed by atoms with Crippen LogP contribution in [-0.2, 0) is 0 Å². The van der Waals surface area contributed by atoms with Crippen molar-refractivity contribution in [1.29, 1.82) is 0 Å². The third-order valence-corrected chi connectivity index (χ3v) is 2.50. The zero-order chi connectivity index (χ0) is 13.1. The van der Waals surface area contributed by atoms with Gasteiger partial charge < -0.3 is 4.42 Å². The summed E-state index contributed by atoms with van der Waals surface area (Å²) in [7, 11) is 0. The summed E-state index contributed by atoms with van der Waals surface area (Å²) in [5.74, 6) is 0.979. The summed E-state index contributed by atoms with van der Waals surface area (Å²) in [6.07, 6.45) is 1.54. The topological polar surface area (TPSA) is 83.8 Å². The van der Waals surface area contributed by atoms with Crippen LogP contribution < -0.4 is 5.32 Å². The molecule has 19 heavy (non-hydrogen) atoms. The Hall–Kier alpha value is -2.89. The van der Waals surface area contributed by atoms with Crippen LogP contribution in [0.25, 0.3) is 11.6 Å². The predicted molar refractivity (Wildman–Crippen MR) is 68.5 cm³/mol. The molecule has 0 atom stereocenters. The molecule has 0 aliphatic rings. The standard InChI is InChI=1S/C13H10N4O2/c18-12(9-5-2-1-3-6-9)15-13-14-11(16-17-13)10-7-4-8-19-10/h1-8H,(H2,14,15,16,17,18). The van der Waals surface area contributed by atoms with Gasteiger partial charge in [0.25, 0.3) is 5.91 Å². The highest BCUT2D eigenvalue weighted by Crippen LogP contribution is 2.16. The predicted octanol–water partition coefficient (Wildman–Crippen LogP) is 2.32. The maximum absolute atomic E-state index is 11.9. The van der Waals surface area contributed by atoms with Crippen molar-refractivity contribution in [2.45, 2.75) is 0 Å². The lowest BCUT2D eigenvalue weighted by atomic mass is 10.2. The molecule has 0 spiro atoms. The van der Waals surface area contributed by atoms with Crippen molar-refractivity contribution in [3.63, 3.8) is 0 Å². The second-order valence-electron chi connectivity index (χ2n) is 3.81. The summed E-state index contributed by atoms with van der Waals surface area (Å²) in [5, 5.41) is 9.21. The zero-order valence-corrected chi connectivity index (χ0v) is 9.83. The Balaban J connectivity index is 1.76. The lowest BCUT2D eigenvalue weighted by Gasteiger charge is -1.99. The zero-order valence-electron chi connectivity index (χ0n) is 9.83. The van der Waals surface area contributed by atoms with Crippen molar-refractivity contribution in [3.8, 4) is 11.6 Å². The lowest BCUT2D eigenvalue weighted by Crippen LogP contribution is -2.12. The van der Waals surface area contributed by atoms with E-state index in [0.717, 1.165) is 0 Å². The Kier molecular flexibility index (Phi) is 2.82. The molecule has 0 saturated carbocycles. The van der Waals surface area contributed by atoms with Crippen molar-refractivity contribution in [1.82, 2.24) is 15.2 Å². The molecule has 2 heterocycles. The van der Waals surface area contributed by atoms with Gasteiger partial charge in [-0.25, -0.2) is 0 Å². The van der Waals surface area contributed by atoms with E-state index in [1.807, 2.05) is 6.07 Å². The number of carbonyl (C=O) groups excluding carboxylic acids is 1. The monoisotopic (exact) mass is 254 g/mol. The average Bonchev–Trinajstić information content (AvgIpc) is 3.10. The number of benzene rings is 1. The normalized spacial score (nSPS) is 10.3. The number of carbonyl (C=O) groups is 1. The Morgan fingerprint density at radius 1 is 1.16 bits per heavy atom. The first kappa shape index (κ1) is 11.2. The minimum Gasteiger partial charge on any atom is -0.461 e. The van der Waals surface area contributed by atoms with E-state index in [1.54, 1.807) is 42.7 Å². The van der Waals surface area contributed by atoms with E-state index in [0.29, 0.717) is 17.1 Å². The second-order valence-corrected chi connectivity index (χ2v) is 3.81. The van der Waals surface area contributed by atoms with Gasteiger partial charge in [-0.05, 0) is 24.3 Å². The van der Waals surface area contributed by atoms with Crippen molar-refractivity contribution >= 4 is 11.9 Å². The van der Waals surface area contributed by atoms with Gasteiger partial charge in [0.2, 0.25) is 5.95 Å². The smallest absolute Gasteiger partial charge is 0.258 e. The molecule has 6 nitrogen and oxygen atoms in total. The van der Waals surface area contributed by atoms with E-state index in [1.165, 1.54) is 0 Å². The van der Waals surface area contributed by atoms with Gasteiger partial charge in [0.05, 0.1) is 6.26 Å². The molecule has 94 valence electrons. The average molecular weight is 254 g/mol. The van der Waals surface area contributed by atoms with Gasteiger partial charge in [-0.2, -0.15) is 4.98 Å². The van der Waals surface area contributed by atoms with Crippen molar-refractivity contribution < 1.29 is 9.21 Å². The van der Waals surface area contributed by atoms with E-state index < -0.39 is 0 Å². The Bertz CT molecular complexity index is 674. The molecule has 0 saturated heterocycles. The third kappa shape index (κ3) is 2.37. The molecule has 3 rings (SSSR count). The molecule has 1 amide bonds. The Morgan fingerprint density at radius 2 is 2.00 bits per heavy atom. The van der Waals surface area contributed by atoms with Gasteiger partial charge in [0.1, 0.15) is 0 Å². The minimum absolute atomic E-state index is 0.209. The fourth-order valence-corrected chi connectivity index (χ4v) is 1.60. The number of furan rings is 1. The summed E-state index contributed by atoms with van der Waals surface area (Å²) < 4.78 is 5.18. The van der Waals surface area contributed by atoms with E-state index >= 15 is 0 Å². The van der Waals surface area contributed by atoms with Crippen LogP contribution in [0.3, 0.4) is 0 Å². The molecule has 0 unspecified atom stereocenters. The molecule has 0 aliphatic heterocycles. The quantitative estimate of drug-likeness (QED) is 0.751. The summed E-state index contributed by atoms with van der Waals surface area (Å²) in [5.41, 5.74) is 0.548. The van der Waals surface area contributed by atoms with Gasteiger partial charge in [-0.3, -0.25) is 15.2 Å². The number of hydrogen-bond acceptors (Lipinski definition) is 4.